The van der Waals surface area contributed by atoms with Crippen LogP contribution in [0.5, 0.6) is 5.75 Å². The number of amides is 1. The molecule has 156 valence electrons. The molecule has 1 saturated heterocycles. The van der Waals surface area contributed by atoms with E-state index < -0.39 is 0 Å². The number of carbonyl (C=O) groups is 2. The molecule has 3 rings (SSSR count). The molecule has 2 N–H and O–H groups in total. The van der Waals surface area contributed by atoms with Crippen LogP contribution < -0.4 is 15.6 Å². The molecule has 0 saturated carbocycles. The molecule has 0 spiro atoms. The lowest BCUT2D eigenvalue weighted by Gasteiger charge is -2.21. The smallest absolute Gasteiger partial charge is 0.241 e. The van der Waals surface area contributed by atoms with Crippen molar-refractivity contribution in [1.82, 2.24) is 25.5 Å². The minimum absolute atomic E-state index is 0.000184. The average molecular weight is 399 g/mol. The fraction of sp³-hybridized carbons (Fsp3) is 0.476. The van der Waals surface area contributed by atoms with Crippen LogP contribution in [-0.4, -0.2) is 52.1 Å². The molecule has 29 heavy (non-hydrogen) atoms. The first-order valence-corrected chi connectivity index (χ1v) is 9.75. The van der Waals surface area contributed by atoms with E-state index in [0.717, 1.165) is 17.0 Å². The molecule has 0 bridgehead atoms. The number of hydrazine groups is 1. The van der Waals surface area contributed by atoms with E-state index in [1.54, 1.807) is 23.1 Å². The number of nitrogens with zero attached hydrogens (tertiary/aromatic N) is 3. The number of Topliss-reactive ketones (excluding diaryl/α,β-unsaturated/α-hetero) is 1. The number of benzene rings is 1. The van der Waals surface area contributed by atoms with Gasteiger partial charge in [0.05, 0.1) is 11.7 Å². The summed E-state index contributed by atoms with van der Waals surface area (Å²) in [5, 5.41) is 4.42. The molecule has 1 amide bonds. The quantitative estimate of drug-likeness (QED) is 0.686. The Kier molecular flexibility index (Phi) is 6.34. The Morgan fingerprint density at radius 1 is 1.31 bits per heavy atom. The number of ketones is 1. The summed E-state index contributed by atoms with van der Waals surface area (Å²) in [7, 11) is 3.72. The lowest BCUT2D eigenvalue weighted by molar-refractivity contribution is -0.132. The van der Waals surface area contributed by atoms with Crippen molar-refractivity contribution in [1.29, 1.82) is 0 Å². The minimum atomic E-state index is -0.311. The third-order valence-electron chi connectivity index (χ3n) is 5.40. The average Bonchev–Trinajstić information content (AvgIpc) is 3.26. The van der Waals surface area contributed by atoms with Gasteiger partial charge in [-0.25, -0.2) is 5.43 Å². The topological polar surface area (TPSA) is 88.5 Å². The molecule has 1 aromatic heterocycles. The molecule has 2 atom stereocenters. The van der Waals surface area contributed by atoms with Crippen molar-refractivity contribution in [3.05, 3.63) is 46.8 Å². The molecule has 1 aromatic carbocycles. The number of nitrogens with one attached hydrogen (secondary N) is 2. The van der Waals surface area contributed by atoms with Crippen LogP contribution in [-0.2, 0) is 18.4 Å². The minimum Gasteiger partial charge on any atom is -0.492 e. The summed E-state index contributed by atoms with van der Waals surface area (Å²) >= 11 is 0. The third-order valence-corrected chi connectivity index (χ3v) is 5.40. The van der Waals surface area contributed by atoms with E-state index in [9.17, 15) is 9.59 Å². The first-order chi connectivity index (χ1) is 13.8. The second-order valence-electron chi connectivity index (χ2n) is 7.64. The molecule has 1 aliphatic rings. The Hall–Kier alpha value is -2.71. The van der Waals surface area contributed by atoms with Crippen molar-refractivity contribution >= 4 is 11.7 Å². The largest absolute Gasteiger partial charge is 0.492 e. The fourth-order valence-corrected chi connectivity index (χ4v) is 3.52. The highest BCUT2D eigenvalue weighted by Gasteiger charge is 2.32. The summed E-state index contributed by atoms with van der Waals surface area (Å²) in [6.07, 6.45) is 0.626. The van der Waals surface area contributed by atoms with Gasteiger partial charge in [-0.3, -0.25) is 19.7 Å². The van der Waals surface area contributed by atoms with Gasteiger partial charge in [0.2, 0.25) is 5.91 Å². The van der Waals surface area contributed by atoms with Crippen molar-refractivity contribution in [3.8, 4) is 5.75 Å². The van der Waals surface area contributed by atoms with Crippen molar-refractivity contribution in [3.63, 3.8) is 0 Å². The number of rotatable bonds is 7. The summed E-state index contributed by atoms with van der Waals surface area (Å²) in [5.74, 6) is 0.680. The monoisotopic (exact) mass is 399 g/mol. The normalized spacial score (nSPS) is 18.7. The van der Waals surface area contributed by atoms with Gasteiger partial charge >= 0.3 is 0 Å². The van der Waals surface area contributed by atoms with Gasteiger partial charge in [0, 0.05) is 37.5 Å². The highest BCUT2D eigenvalue weighted by atomic mass is 16.5. The Bertz CT molecular complexity index is 908. The van der Waals surface area contributed by atoms with Crippen LogP contribution in [0.25, 0.3) is 0 Å². The van der Waals surface area contributed by atoms with Gasteiger partial charge in [-0.15, -0.1) is 0 Å². The highest BCUT2D eigenvalue weighted by molar-refractivity contribution is 5.94. The zero-order valence-electron chi connectivity index (χ0n) is 17.7. The summed E-state index contributed by atoms with van der Waals surface area (Å²) < 4.78 is 7.65. The zero-order chi connectivity index (χ0) is 21.1. The Morgan fingerprint density at radius 2 is 2.07 bits per heavy atom. The number of hydrogen-bond donors (Lipinski definition) is 2. The predicted molar refractivity (Wildman–Crippen MR) is 110 cm³/mol. The first-order valence-electron chi connectivity index (χ1n) is 9.75. The Morgan fingerprint density at radius 3 is 2.72 bits per heavy atom. The van der Waals surface area contributed by atoms with Gasteiger partial charge in [-0.2, -0.15) is 5.10 Å². The number of hydrogen-bond acceptors (Lipinski definition) is 6. The second-order valence-corrected chi connectivity index (χ2v) is 7.64. The van der Waals surface area contributed by atoms with Crippen molar-refractivity contribution < 1.29 is 14.3 Å². The van der Waals surface area contributed by atoms with Crippen LogP contribution in [0.2, 0.25) is 0 Å². The van der Waals surface area contributed by atoms with Crippen LogP contribution in [0, 0.1) is 13.8 Å². The van der Waals surface area contributed by atoms with Gasteiger partial charge in [-0.1, -0.05) is 12.1 Å². The summed E-state index contributed by atoms with van der Waals surface area (Å²) in [6.45, 7) is 6.44. The number of aromatic nitrogens is 2. The van der Waals surface area contributed by atoms with Crippen LogP contribution in [0.1, 0.15) is 40.7 Å². The summed E-state index contributed by atoms with van der Waals surface area (Å²) in [5.41, 5.74) is 9.93. The maximum absolute atomic E-state index is 12.8. The van der Waals surface area contributed by atoms with E-state index in [2.05, 4.69) is 16.0 Å². The number of aryl methyl sites for hydroxylation is 2. The molecule has 8 nitrogen and oxygen atoms in total. The molecule has 1 aliphatic heterocycles. The van der Waals surface area contributed by atoms with Crippen molar-refractivity contribution in [2.45, 2.75) is 45.8 Å². The maximum Gasteiger partial charge on any atom is 0.241 e. The second kappa shape index (κ2) is 8.75. The number of likely N-dealkylation sites (N-methyl/N-ethyl adjacent to an activating group) is 1. The van der Waals surface area contributed by atoms with E-state index >= 15 is 0 Å². The molecule has 2 aromatic rings. The van der Waals surface area contributed by atoms with Gasteiger partial charge in [0.25, 0.3) is 0 Å². The van der Waals surface area contributed by atoms with Gasteiger partial charge in [0.1, 0.15) is 18.4 Å². The van der Waals surface area contributed by atoms with E-state index in [4.69, 9.17) is 4.74 Å². The molecule has 0 radical (unpaired) electrons. The molecule has 2 heterocycles. The van der Waals surface area contributed by atoms with Gasteiger partial charge < -0.3 is 9.64 Å². The summed E-state index contributed by atoms with van der Waals surface area (Å²) in [6, 6.07) is 6.81. The van der Waals surface area contributed by atoms with Crippen LogP contribution >= 0.6 is 0 Å². The first kappa shape index (κ1) is 21.0. The van der Waals surface area contributed by atoms with Gasteiger partial charge in [0.15, 0.2) is 5.78 Å². The van der Waals surface area contributed by atoms with E-state index in [1.165, 1.54) is 6.92 Å². The van der Waals surface area contributed by atoms with E-state index in [-0.39, 0.29) is 23.8 Å². The predicted octanol–water partition coefficient (Wildman–Crippen LogP) is 1.51. The molecule has 2 unspecified atom stereocenters. The Balaban J connectivity index is 1.52. The SMILES string of the molecule is CC(=O)c1cccc(OCC2CC(C(=O)N(C)Cc3c(C)nn(C)c3C)NN2)c1. The fourth-order valence-electron chi connectivity index (χ4n) is 3.52. The van der Waals surface area contributed by atoms with Gasteiger partial charge in [-0.05, 0) is 39.3 Å². The van der Waals surface area contributed by atoms with Crippen molar-refractivity contribution in [2.24, 2.45) is 7.05 Å². The summed E-state index contributed by atoms with van der Waals surface area (Å²) in [4.78, 5) is 26.1. The lowest BCUT2D eigenvalue weighted by atomic mass is 10.1. The molecule has 0 aliphatic carbocycles. The van der Waals surface area contributed by atoms with Crippen LogP contribution in [0.3, 0.4) is 0 Å². The standard InChI is InChI=1S/C21H29N5O3/c1-13-19(14(2)26(5)24-13)11-25(4)21(28)20-10-17(22-23-20)12-29-18-8-6-7-16(9-18)15(3)27/h6-9,17,20,22-23H,10-12H2,1-5H3. The van der Waals surface area contributed by atoms with E-state index in [0.29, 0.717) is 30.9 Å². The highest BCUT2D eigenvalue weighted by Crippen LogP contribution is 2.18. The molecule has 1 fully saturated rings. The number of ether oxygens (including phenoxy) is 1. The number of carbonyl (C=O) groups excluding carboxylic acids is 2. The molecular formula is C21H29N5O3. The van der Waals surface area contributed by atoms with Crippen LogP contribution in [0.4, 0.5) is 0 Å². The van der Waals surface area contributed by atoms with Crippen LogP contribution in [0.15, 0.2) is 24.3 Å². The zero-order valence-corrected chi connectivity index (χ0v) is 17.7. The molecule has 8 heteroatoms. The maximum atomic E-state index is 12.8. The molecular weight excluding hydrogens is 370 g/mol. The third kappa shape index (κ3) is 4.83. The Labute approximate surface area is 171 Å². The lowest BCUT2D eigenvalue weighted by Crippen LogP contribution is -2.44. The van der Waals surface area contributed by atoms with E-state index in [1.807, 2.05) is 38.7 Å². The van der Waals surface area contributed by atoms with Crippen molar-refractivity contribution in [2.75, 3.05) is 13.7 Å².